The van der Waals surface area contributed by atoms with Gasteiger partial charge in [-0.15, -0.1) is 0 Å². The Morgan fingerprint density at radius 3 is 2.07 bits per heavy atom. The maximum Gasteiger partial charge on any atom is 0.306 e. The van der Waals surface area contributed by atoms with E-state index in [1.165, 1.54) is 6.07 Å². The Morgan fingerprint density at radius 2 is 1.52 bits per heavy atom. The Morgan fingerprint density at radius 1 is 0.966 bits per heavy atom. The highest BCUT2D eigenvalue weighted by Gasteiger charge is 2.12. The summed E-state index contributed by atoms with van der Waals surface area (Å²) >= 11 is 0. The molecule has 0 saturated carbocycles. The number of nitro groups is 1. The quantitative estimate of drug-likeness (QED) is 0.180. The number of hydrogen-bond donors (Lipinski definition) is 0. The molecule has 0 aromatic heterocycles. The second-order valence-corrected chi connectivity index (χ2v) is 7.74. The van der Waals surface area contributed by atoms with Crippen LogP contribution in [0.1, 0.15) is 76.3 Å². The van der Waals surface area contributed by atoms with Crippen LogP contribution in [0.5, 0.6) is 0 Å². The van der Waals surface area contributed by atoms with Gasteiger partial charge in [-0.1, -0.05) is 51.7 Å². The predicted octanol–water partition coefficient (Wildman–Crippen LogP) is 5.27. The van der Waals surface area contributed by atoms with Gasteiger partial charge in [-0.05, 0) is 31.2 Å². The third-order valence-electron chi connectivity index (χ3n) is 4.46. The number of benzene rings is 1. The van der Waals surface area contributed by atoms with Crippen LogP contribution in [-0.4, -0.2) is 23.5 Å². The number of esters is 2. The summed E-state index contributed by atoms with van der Waals surface area (Å²) in [6, 6.07) is 4.83. The van der Waals surface area contributed by atoms with Crippen molar-refractivity contribution in [1.82, 2.24) is 0 Å². The minimum Gasteiger partial charge on any atom is -0.465 e. The minimum atomic E-state index is -0.435. The van der Waals surface area contributed by atoms with Crippen LogP contribution in [0.3, 0.4) is 0 Å². The molecule has 1 rings (SSSR count). The topological polar surface area (TPSA) is 95.7 Å². The van der Waals surface area contributed by atoms with Crippen molar-refractivity contribution >= 4 is 17.6 Å². The number of carbonyl (C=O) groups excluding carboxylic acids is 2. The first-order valence-electron chi connectivity index (χ1n) is 10.3. The molecule has 0 fully saturated rings. The zero-order valence-electron chi connectivity index (χ0n) is 17.8. The van der Waals surface area contributed by atoms with Crippen molar-refractivity contribution in [2.75, 3.05) is 6.61 Å². The summed E-state index contributed by atoms with van der Waals surface area (Å²) in [5, 5.41) is 10.9. The molecule has 0 bridgehead atoms. The van der Waals surface area contributed by atoms with E-state index < -0.39 is 4.92 Å². The standard InChI is InChI=1S/C22H33NO6/c1-17(2)15-28-21(24)10-8-6-4-5-7-9-11-22(25)29-16-19-13-12-18(3)20(14-19)23(26)27/h12-14,17H,4-11,15-16H2,1-3H3. The van der Waals surface area contributed by atoms with Gasteiger partial charge in [0.15, 0.2) is 0 Å². The fraction of sp³-hybridized carbons (Fsp3) is 0.636. The van der Waals surface area contributed by atoms with Gasteiger partial charge < -0.3 is 9.47 Å². The summed E-state index contributed by atoms with van der Waals surface area (Å²) in [7, 11) is 0. The zero-order valence-corrected chi connectivity index (χ0v) is 17.8. The number of aryl methyl sites for hydroxylation is 1. The molecule has 162 valence electrons. The van der Waals surface area contributed by atoms with Gasteiger partial charge in [0.2, 0.25) is 0 Å². The molecule has 1 aromatic carbocycles. The molecule has 0 heterocycles. The van der Waals surface area contributed by atoms with Gasteiger partial charge in [-0.2, -0.15) is 0 Å². The molecule has 0 unspecified atom stereocenters. The molecular formula is C22H33NO6. The van der Waals surface area contributed by atoms with Crippen molar-refractivity contribution in [2.45, 2.75) is 78.7 Å². The number of carbonyl (C=O) groups is 2. The van der Waals surface area contributed by atoms with E-state index in [1.807, 2.05) is 13.8 Å². The van der Waals surface area contributed by atoms with Crippen LogP contribution in [0.15, 0.2) is 18.2 Å². The minimum absolute atomic E-state index is 0.0340. The van der Waals surface area contributed by atoms with Crippen LogP contribution < -0.4 is 0 Å². The average Bonchev–Trinajstić information content (AvgIpc) is 2.67. The number of nitro benzene ring substituents is 1. The molecule has 7 heteroatoms. The SMILES string of the molecule is Cc1ccc(COC(=O)CCCCCCCCC(=O)OCC(C)C)cc1[N+](=O)[O-]. The fourth-order valence-corrected chi connectivity index (χ4v) is 2.76. The van der Waals surface area contributed by atoms with Crippen LogP contribution in [0, 0.1) is 23.0 Å². The van der Waals surface area contributed by atoms with Crippen molar-refractivity contribution in [2.24, 2.45) is 5.92 Å². The maximum atomic E-state index is 11.8. The summed E-state index contributed by atoms with van der Waals surface area (Å²) in [6.45, 7) is 6.23. The Labute approximate surface area is 172 Å². The van der Waals surface area contributed by atoms with Gasteiger partial charge in [-0.25, -0.2) is 0 Å². The van der Waals surface area contributed by atoms with E-state index in [2.05, 4.69) is 0 Å². The molecule has 0 radical (unpaired) electrons. The number of ether oxygens (including phenoxy) is 2. The van der Waals surface area contributed by atoms with Crippen molar-refractivity contribution in [3.05, 3.63) is 39.4 Å². The van der Waals surface area contributed by atoms with Gasteiger partial charge in [0, 0.05) is 24.5 Å². The van der Waals surface area contributed by atoms with Crippen LogP contribution in [0.2, 0.25) is 0 Å². The van der Waals surface area contributed by atoms with E-state index >= 15 is 0 Å². The number of nitrogens with zero attached hydrogens (tertiary/aromatic N) is 1. The summed E-state index contributed by atoms with van der Waals surface area (Å²) in [6.07, 6.45) is 6.35. The molecule has 29 heavy (non-hydrogen) atoms. The van der Waals surface area contributed by atoms with Gasteiger partial charge in [0.25, 0.3) is 5.69 Å². The van der Waals surface area contributed by atoms with E-state index in [0.29, 0.717) is 36.5 Å². The highest BCUT2D eigenvalue weighted by Crippen LogP contribution is 2.20. The second kappa shape index (κ2) is 13.7. The van der Waals surface area contributed by atoms with Crippen molar-refractivity contribution < 1.29 is 24.0 Å². The van der Waals surface area contributed by atoms with Crippen molar-refractivity contribution in [1.29, 1.82) is 0 Å². The Balaban J connectivity index is 2.07. The molecule has 0 N–H and O–H groups in total. The number of hydrogen-bond acceptors (Lipinski definition) is 6. The summed E-state index contributed by atoms with van der Waals surface area (Å²) < 4.78 is 10.3. The maximum absolute atomic E-state index is 11.8. The van der Waals surface area contributed by atoms with E-state index in [9.17, 15) is 19.7 Å². The highest BCUT2D eigenvalue weighted by atomic mass is 16.6. The van der Waals surface area contributed by atoms with Crippen LogP contribution >= 0.6 is 0 Å². The lowest BCUT2D eigenvalue weighted by molar-refractivity contribution is -0.385. The van der Waals surface area contributed by atoms with Gasteiger partial charge >= 0.3 is 11.9 Å². The monoisotopic (exact) mass is 407 g/mol. The molecule has 0 aliphatic heterocycles. The summed E-state index contributed by atoms with van der Waals surface area (Å²) in [4.78, 5) is 33.8. The Bertz CT molecular complexity index is 671. The predicted molar refractivity (Wildman–Crippen MR) is 110 cm³/mol. The van der Waals surface area contributed by atoms with E-state index in [-0.39, 0.29) is 24.2 Å². The molecule has 7 nitrogen and oxygen atoms in total. The van der Waals surface area contributed by atoms with E-state index in [1.54, 1.807) is 19.1 Å². The first kappa shape index (κ1) is 24.6. The van der Waals surface area contributed by atoms with Crippen molar-refractivity contribution in [3.63, 3.8) is 0 Å². The molecular weight excluding hydrogens is 374 g/mol. The Hall–Kier alpha value is -2.44. The molecule has 0 atom stereocenters. The van der Waals surface area contributed by atoms with Crippen molar-refractivity contribution in [3.8, 4) is 0 Å². The molecule has 0 amide bonds. The summed E-state index contributed by atoms with van der Waals surface area (Å²) in [5.41, 5.74) is 1.23. The second-order valence-electron chi connectivity index (χ2n) is 7.74. The molecule has 0 spiro atoms. The normalized spacial score (nSPS) is 10.8. The van der Waals surface area contributed by atoms with Crippen LogP contribution in [-0.2, 0) is 25.7 Å². The molecule has 0 aliphatic rings. The number of unbranched alkanes of at least 4 members (excludes halogenated alkanes) is 5. The van der Waals surface area contributed by atoms with Gasteiger partial charge in [-0.3, -0.25) is 19.7 Å². The van der Waals surface area contributed by atoms with Gasteiger partial charge in [0.05, 0.1) is 11.5 Å². The first-order chi connectivity index (χ1) is 13.8. The lowest BCUT2D eigenvalue weighted by atomic mass is 10.1. The van der Waals surface area contributed by atoms with E-state index in [4.69, 9.17) is 9.47 Å². The van der Waals surface area contributed by atoms with Gasteiger partial charge in [0.1, 0.15) is 6.61 Å². The van der Waals surface area contributed by atoms with Crippen LogP contribution in [0.25, 0.3) is 0 Å². The average molecular weight is 408 g/mol. The third-order valence-corrected chi connectivity index (χ3v) is 4.46. The highest BCUT2D eigenvalue weighted by molar-refractivity contribution is 5.69. The Kier molecular flexibility index (Phi) is 11.6. The number of rotatable bonds is 14. The lowest BCUT2D eigenvalue weighted by Gasteiger charge is -2.07. The smallest absolute Gasteiger partial charge is 0.306 e. The third kappa shape index (κ3) is 11.2. The summed E-state index contributed by atoms with van der Waals surface area (Å²) in [5.74, 6) is -0.0532. The fourth-order valence-electron chi connectivity index (χ4n) is 2.76. The van der Waals surface area contributed by atoms with Crippen LogP contribution in [0.4, 0.5) is 5.69 Å². The molecule has 0 aliphatic carbocycles. The zero-order chi connectivity index (χ0) is 21.6. The molecule has 0 saturated heterocycles. The first-order valence-corrected chi connectivity index (χ1v) is 10.3. The largest absolute Gasteiger partial charge is 0.465 e. The molecule has 1 aromatic rings. The lowest BCUT2D eigenvalue weighted by Crippen LogP contribution is -2.09. The van der Waals surface area contributed by atoms with E-state index in [0.717, 1.165) is 38.5 Å².